The van der Waals surface area contributed by atoms with E-state index < -0.39 is 0 Å². The van der Waals surface area contributed by atoms with E-state index in [9.17, 15) is 14.7 Å². The molecule has 0 saturated heterocycles. The van der Waals surface area contributed by atoms with Gasteiger partial charge < -0.3 is 10.0 Å². The Kier molecular flexibility index (Phi) is 10.8. The second kappa shape index (κ2) is 13.9. The number of unbranched alkanes of at least 4 members (excludes halogenated alkanes) is 10. The molecule has 1 amide bonds. The molecule has 0 unspecified atom stereocenters. The summed E-state index contributed by atoms with van der Waals surface area (Å²) >= 11 is 7.56. The lowest BCUT2D eigenvalue weighted by molar-refractivity contribution is 0.0733. The molecule has 40 heavy (non-hydrogen) atoms. The van der Waals surface area contributed by atoms with Crippen molar-refractivity contribution in [3.63, 3.8) is 0 Å². The summed E-state index contributed by atoms with van der Waals surface area (Å²) in [4.78, 5) is 29.9. The maximum atomic E-state index is 14.0. The van der Waals surface area contributed by atoms with Gasteiger partial charge in [-0.2, -0.15) is 0 Å². The van der Waals surface area contributed by atoms with Gasteiger partial charge in [0.05, 0.1) is 16.3 Å². The first-order chi connectivity index (χ1) is 19.3. The van der Waals surface area contributed by atoms with E-state index in [1.165, 1.54) is 44.9 Å². The zero-order valence-corrected chi connectivity index (χ0v) is 27.8. The molecule has 1 N–H and O–H groups in total. The van der Waals surface area contributed by atoms with Crippen LogP contribution in [0.15, 0.2) is 13.7 Å². The predicted octanol–water partition coefficient (Wildman–Crippen LogP) is 8.89. The van der Waals surface area contributed by atoms with Gasteiger partial charge in [0.25, 0.3) is 11.5 Å². The standard InChI is InChI=1S/C33H44Br2N2O3/c1-5-8-10-12-14-16-18-36-20-23-25-24(31(36)38)21(4)22(7-3)26-27(25)28(30(35)29(23)34)33(40)37(32(26)39)19-17-15-13-11-9-6-2/h7,39H,5-6,8-20H2,1-4H3/b22-7-. The van der Waals surface area contributed by atoms with Crippen LogP contribution in [0, 0.1) is 6.92 Å². The zero-order chi connectivity index (χ0) is 29.0. The van der Waals surface area contributed by atoms with Crippen LogP contribution in [0.1, 0.15) is 119 Å². The van der Waals surface area contributed by atoms with Gasteiger partial charge in [-0.1, -0.05) is 84.1 Å². The van der Waals surface area contributed by atoms with E-state index in [-0.39, 0.29) is 17.3 Å². The summed E-state index contributed by atoms with van der Waals surface area (Å²) in [5, 5.41) is 15.2. The van der Waals surface area contributed by atoms with Crippen LogP contribution in [0.3, 0.4) is 0 Å². The van der Waals surface area contributed by atoms with Gasteiger partial charge in [-0.25, -0.2) is 0 Å². The lowest BCUT2D eigenvalue weighted by Gasteiger charge is -2.32. The van der Waals surface area contributed by atoms with Crippen molar-refractivity contribution in [2.75, 3.05) is 6.54 Å². The van der Waals surface area contributed by atoms with Crippen LogP contribution in [-0.4, -0.2) is 27.0 Å². The first-order valence-electron chi connectivity index (χ1n) is 15.3. The molecule has 0 bridgehead atoms. The van der Waals surface area contributed by atoms with Crippen LogP contribution in [0.5, 0.6) is 5.88 Å². The molecule has 0 aliphatic carbocycles. The van der Waals surface area contributed by atoms with Crippen molar-refractivity contribution < 1.29 is 9.90 Å². The topological polar surface area (TPSA) is 62.5 Å². The molecule has 0 atom stereocenters. The minimum atomic E-state index is -0.212. The first kappa shape index (κ1) is 31.1. The highest BCUT2D eigenvalue weighted by molar-refractivity contribution is 9.13. The summed E-state index contributed by atoms with van der Waals surface area (Å²) in [6.07, 6.45) is 15.6. The molecule has 5 nitrogen and oxygen atoms in total. The minimum absolute atomic E-state index is 0.0101. The molecule has 1 aliphatic heterocycles. The molecular formula is C33H44Br2N2O3. The van der Waals surface area contributed by atoms with E-state index in [2.05, 4.69) is 45.7 Å². The van der Waals surface area contributed by atoms with Crippen molar-refractivity contribution >= 4 is 65.4 Å². The van der Waals surface area contributed by atoms with Gasteiger partial charge in [0.15, 0.2) is 0 Å². The summed E-state index contributed by atoms with van der Waals surface area (Å²) in [5.74, 6) is 0.0331. The van der Waals surface area contributed by atoms with Crippen molar-refractivity contribution in [3.8, 4) is 5.88 Å². The zero-order valence-electron chi connectivity index (χ0n) is 24.6. The summed E-state index contributed by atoms with van der Waals surface area (Å²) in [7, 11) is 0. The molecule has 0 saturated carbocycles. The Bertz CT molecular complexity index is 1510. The van der Waals surface area contributed by atoms with E-state index in [4.69, 9.17) is 0 Å². The average molecular weight is 677 g/mol. The normalized spacial score (nSPS) is 13.9. The monoisotopic (exact) mass is 674 g/mol. The number of aromatic hydroxyl groups is 1. The molecule has 0 radical (unpaired) electrons. The number of benzene rings is 2. The van der Waals surface area contributed by atoms with Gasteiger partial charge in [-0.3, -0.25) is 14.2 Å². The smallest absolute Gasteiger partial charge is 0.262 e. The van der Waals surface area contributed by atoms with Crippen LogP contribution in [0.25, 0.3) is 27.6 Å². The van der Waals surface area contributed by atoms with Gasteiger partial charge in [0.2, 0.25) is 5.88 Å². The van der Waals surface area contributed by atoms with Crippen LogP contribution in [0.4, 0.5) is 0 Å². The van der Waals surface area contributed by atoms with Crippen LogP contribution in [0.2, 0.25) is 0 Å². The third kappa shape index (κ3) is 5.74. The van der Waals surface area contributed by atoms with E-state index in [1.807, 2.05) is 24.8 Å². The second-order valence-electron chi connectivity index (χ2n) is 11.4. The number of nitrogens with zero attached hydrogens (tertiary/aromatic N) is 2. The summed E-state index contributed by atoms with van der Waals surface area (Å²) in [6, 6.07) is 0. The SMILES string of the molecule is C/C=c1/c(C)c2c3c(c(Br)c(Br)c4c(=O)n(CCCCCCCC)c(O)c1c34)CN(CCCCCCCC)C2=O. The number of rotatable bonds is 14. The number of halogens is 2. The fourth-order valence-corrected chi connectivity index (χ4v) is 7.55. The highest BCUT2D eigenvalue weighted by Crippen LogP contribution is 2.45. The minimum Gasteiger partial charge on any atom is -0.494 e. The van der Waals surface area contributed by atoms with E-state index in [1.54, 1.807) is 4.57 Å². The molecule has 0 spiro atoms. The largest absolute Gasteiger partial charge is 0.494 e. The summed E-state index contributed by atoms with van der Waals surface area (Å²) in [6.45, 7) is 10.0. The number of amides is 1. The van der Waals surface area contributed by atoms with E-state index >= 15 is 0 Å². The number of aromatic nitrogens is 1. The molecule has 7 heteroatoms. The molecule has 3 aromatic rings. The molecule has 2 aromatic carbocycles. The van der Waals surface area contributed by atoms with Crippen LogP contribution < -0.4 is 10.8 Å². The van der Waals surface area contributed by atoms with Crippen LogP contribution in [-0.2, 0) is 13.1 Å². The number of hydrogen-bond acceptors (Lipinski definition) is 3. The van der Waals surface area contributed by atoms with Crippen molar-refractivity contribution in [1.82, 2.24) is 9.47 Å². The Hall–Kier alpha value is -1.86. The first-order valence-corrected chi connectivity index (χ1v) is 16.8. The highest BCUT2D eigenvalue weighted by Gasteiger charge is 2.34. The number of hydrogen-bond donors (Lipinski definition) is 1. The molecule has 1 aliphatic rings. The summed E-state index contributed by atoms with van der Waals surface area (Å²) in [5.41, 5.74) is 2.32. The fraction of sp³-hybridized carbons (Fsp3) is 0.576. The fourth-order valence-electron chi connectivity index (χ4n) is 6.43. The van der Waals surface area contributed by atoms with Gasteiger partial charge >= 0.3 is 0 Å². The lowest BCUT2D eigenvalue weighted by atomic mass is 9.86. The molecule has 1 aromatic heterocycles. The number of carbonyl (C=O) groups excluding carboxylic acids is 1. The predicted molar refractivity (Wildman–Crippen MR) is 174 cm³/mol. The molecular weight excluding hydrogens is 632 g/mol. The van der Waals surface area contributed by atoms with Gasteiger partial charge in [-0.05, 0) is 74.9 Å². The van der Waals surface area contributed by atoms with E-state index in [0.717, 1.165) is 58.3 Å². The quantitative estimate of drug-likeness (QED) is 0.174. The van der Waals surface area contributed by atoms with Gasteiger partial charge in [0.1, 0.15) is 0 Å². The number of pyridine rings is 1. The average Bonchev–Trinajstić information content (AvgIpc) is 2.94. The third-order valence-corrected chi connectivity index (χ3v) is 10.8. The molecule has 218 valence electrons. The second-order valence-corrected chi connectivity index (χ2v) is 12.9. The van der Waals surface area contributed by atoms with Crippen molar-refractivity contribution in [3.05, 3.63) is 41.2 Å². The highest BCUT2D eigenvalue weighted by atomic mass is 79.9. The maximum Gasteiger partial charge on any atom is 0.262 e. The maximum absolute atomic E-state index is 14.0. The Morgan fingerprint density at radius 2 is 1.35 bits per heavy atom. The summed E-state index contributed by atoms with van der Waals surface area (Å²) < 4.78 is 3.06. The Morgan fingerprint density at radius 1 is 0.775 bits per heavy atom. The van der Waals surface area contributed by atoms with Gasteiger partial charge in [0, 0.05) is 39.4 Å². The number of carbonyl (C=O) groups is 1. The Labute approximate surface area is 255 Å². The van der Waals surface area contributed by atoms with Crippen LogP contribution >= 0.6 is 31.9 Å². The Balaban J connectivity index is 1.82. The molecule has 2 heterocycles. The van der Waals surface area contributed by atoms with Gasteiger partial charge in [-0.15, -0.1) is 0 Å². The van der Waals surface area contributed by atoms with Crippen molar-refractivity contribution in [2.24, 2.45) is 0 Å². The van der Waals surface area contributed by atoms with Crippen molar-refractivity contribution in [1.29, 1.82) is 0 Å². The molecule has 0 fully saturated rings. The Morgan fingerprint density at radius 3 is 1.95 bits per heavy atom. The molecule has 4 rings (SSSR count). The van der Waals surface area contributed by atoms with E-state index in [0.29, 0.717) is 45.8 Å². The van der Waals surface area contributed by atoms with Crippen molar-refractivity contribution in [2.45, 2.75) is 118 Å². The lowest BCUT2D eigenvalue weighted by Crippen LogP contribution is -2.37. The third-order valence-electron chi connectivity index (χ3n) is 8.62.